The Morgan fingerprint density at radius 1 is 1.03 bits per heavy atom. The molecule has 7 heterocycles. The first-order chi connectivity index (χ1) is 30.5. The van der Waals surface area contributed by atoms with Crippen molar-refractivity contribution in [2.75, 3.05) is 48.3 Å². The van der Waals surface area contributed by atoms with E-state index in [1.165, 1.54) is 30.7 Å². The Balaban J connectivity index is 0.831. The average Bonchev–Trinajstić information content (AvgIpc) is 3.94. The molecule has 2 atom stereocenters. The number of hydrogen-bond donors (Lipinski definition) is 2. The lowest BCUT2D eigenvalue weighted by Gasteiger charge is -2.44. The second-order valence-corrected chi connectivity index (χ2v) is 18.6. The third kappa shape index (κ3) is 7.91. The molecule has 1 aromatic carbocycles. The van der Waals surface area contributed by atoms with E-state index in [1.54, 1.807) is 48.3 Å². The molecule has 0 radical (unpaired) electrons. The Labute approximate surface area is 366 Å². The summed E-state index contributed by atoms with van der Waals surface area (Å²) in [6.45, 7) is 5.32. The number of para-hydroxylation sites is 1. The number of nitrogens with zero attached hydrogens (tertiary/aromatic N) is 10. The lowest BCUT2D eigenvalue weighted by Crippen LogP contribution is -2.58. The molecule has 342 valence electrons. The minimum atomic E-state index is -3.11. The number of imide groups is 1. The molecule has 1 aliphatic carbocycles. The molecule has 16 nitrogen and oxygen atoms in total. The van der Waals surface area contributed by atoms with E-state index >= 15 is 8.78 Å². The molecule has 4 fully saturated rings. The zero-order valence-corrected chi connectivity index (χ0v) is 36.4. The first kappa shape index (κ1) is 43.5. The van der Waals surface area contributed by atoms with Crippen molar-refractivity contribution in [3.05, 3.63) is 64.6 Å². The lowest BCUT2D eigenvalue weighted by atomic mass is 9.85. The van der Waals surface area contributed by atoms with E-state index < -0.39 is 60.1 Å². The lowest BCUT2D eigenvalue weighted by molar-refractivity contribution is -0.135. The van der Waals surface area contributed by atoms with Gasteiger partial charge in [-0.3, -0.25) is 38.4 Å². The Hall–Kier alpha value is -5.79. The Morgan fingerprint density at radius 3 is 2.53 bits per heavy atom. The van der Waals surface area contributed by atoms with Gasteiger partial charge in [0.1, 0.15) is 17.4 Å². The van der Waals surface area contributed by atoms with Gasteiger partial charge in [-0.25, -0.2) is 31.9 Å². The molecule has 3 amide bonds. The first-order valence-electron chi connectivity index (χ1n) is 22.2. The molecule has 4 aromatic heterocycles. The van der Waals surface area contributed by atoms with E-state index in [2.05, 4.69) is 39.6 Å². The van der Waals surface area contributed by atoms with E-state index in [9.17, 15) is 28.0 Å². The van der Waals surface area contributed by atoms with Crippen LogP contribution in [-0.4, -0.2) is 107 Å². The minimum absolute atomic E-state index is 0.0887. The van der Waals surface area contributed by atoms with Gasteiger partial charge in [0.05, 0.1) is 47.2 Å². The number of anilines is 3. The number of carbonyl (C=O) groups is 3. The van der Waals surface area contributed by atoms with Crippen LogP contribution >= 0.6 is 0 Å². The van der Waals surface area contributed by atoms with Crippen LogP contribution in [0, 0.1) is 5.92 Å². The van der Waals surface area contributed by atoms with Crippen LogP contribution in [0.2, 0.25) is 0 Å². The molecule has 9 rings (SSSR count). The number of hydrogen-bond acceptors (Lipinski definition) is 10. The maximum absolute atomic E-state index is 16.2. The third-order valence-corrected chi connectivity index (χ3v) is 14.0. The molecule has 4 aliphatic rings. The number of piperidine rings is 3. The summed E-state index contributed by atoms with van der Waals surface area (Å²) in [6, 6.07) is 4.81. The van der Waals surface area contributed by atoms with Crippen LogP contribution in [-0.2, 0) is 16.6 Å². The molecule has 2 N–H and O–H groups in total. The van der Waals surface area contributed by atoms with Crippen molar-refractivity contribution in [3.8, 4) is 0 Å². The summed E-state index contributed by atoms with van der Waals surface area (Å²) in [5.41, 5.74) is 0.613. The van der Waals surface area contributed by atoms with Gasteiger partial charge in [0.2, 0.25) is 11.8 Å². The van der Waals surface area contributed by atoms with Gasteiger partial charge in [-0.1, -0.05) is 6.07 Å². The van der Waals surface area contributed by atoms with Gasteiger partial charge in [-0.2, -0.15) is 10.2 Å². The summed E-state index contributed by atoms with van der Waals surface area (Å²) in [5, 5.41) is 13.5. The van der Waals surface area contributed by atoms with Gasteiger partial charge in [-0.05, 0) is 103 Å². The summed E-state index contributed by atoms with van der Waals surface area (Å²) < 4.78 is 66.9. The van der Waals surface area contributed by atoms with Crippen LogP contribution in [0.4, 0.5) is 34.8 Å². The van der Waals surface area contributed by atoms with Crippen molar-refractivity contribution in [1.29, 1.82) is 0 Å². The fourth-order valence-electron chi connectivity index (χ4n) is 10.6. The van der Waals surface area contributed by atoms with Crippen molar-refractivity contribution in [2.24, 2.45) is 13.0 Å². The van der Waals surface area contributed by atoms with Gasteiger partial charge < -0.3 is 15.1 Å². The van der Waals surface area contributed by atoms with Gasteiger partial charge in [0.15, 0.2) is 11.3 Å². The van der Waals surface area contributed by atoms with Crippen LogP contribution in [0.1, 0.15) is 113 Å². The van der Waals surface area contributed by atoms with Gasteiger partial charge in [0.25, 0.3) is 18.3 Å². The van der Waals surface area contributed by atoms with Crippen molar-refractivity contribution >= 4 is 51.6 Å². The van der Waals surface area contributed by atoms with Crippen molar-refractivity contribution < 1.29 is 31.9 Å². The summed E-state index contributed by atoms with van der Waals surface area (Å²) >= 11 is 0. The zero-order valence-electron chi connectivity index (χ0n) is 36.4. The number of aromatic nitrogens is 7. The first-order valence-corrected chi connectivity index (χ1v) is 22.2. The summed E-state index contributed by atoms with van der Waals surface area (Å²) in [4.78, 5) is 62.0. The molecule has 20 heteroatoms. The van der Waals surface area contributed by atoms with E-state index in [-0.39, 0.29) is 48.0 Å². The van der Waals surface area contributed by atoms with Crippen molar-refractivity contribution in [1.82, 2.24) is 43.7 Å². The number of halogens is 4. The quantitative estimate of drug-likeness (QED) is 0.124. The molecular weight excluding hydrogens is 837 g/mol. The highest BCUT2D eigenvalue weighted by Crippen LogP contribution is 2.40. The number of rotatable bonds is 10. The number of amides is 3. The van der Waals surface area contributed by atoms with Crippen LogP contribution in [0.5, 0.6) is 0 Å². The van der Waals surface area contributed by atoms with E-state index in [1.807, 2.05) is 6.07 Å². The number of aryl methyl sites for hydroxylation is 1. The van der Waals surface area contributed by atoms with Crippen LogP contribution < -0.4 is 26.1 Å². The predicted octanol–water partition coefficient (Wildman–Crippen LogP) is 6.09. The van der Waals surface area contributed by atoms with Crippen molar-refractivity contribution in [2.45, 2.75) is 114 Å². The van der Waals surface area contributed by atoms with E-state index in [0.717, 1.165) is 31.6 Å². The van der Waals surface area contributed by atoms with Gasteiger partial charge in [-0.15, -0.1) is 0 Å². The maximum atomic E-state index is 16.2. The molecule has 64 heavy (non-hydrogen) atoms. The van der Waals surface area contributed by atoms with Gasteiger partial charge >= 0.3 is 5.69 Å². The molecule has 1 saturated carbocycles. The topological polar surface area (TPSA) is 160 Å². The average molecular weight is 891 g/mol. The molecule has 3 aliphatic heterocycles. The van der Waals surface area contributed by atoms with E-state index in [4.69, 9.17) is 4.98 Å². The number of fused-ring (bicyclic) bond motifs is 2. The Morgan fingerprint density at radius 2 is 1.81 bits per heavy atom. The largest absolute Gasteiger partial charge is 0.364 e. The molecule has 5 aromatic rings. The number of imidazole rings is 1. The van der Waals surface area contributed by atoms with Crippen LogP contribution in [0.3, 0.4) is 0 Å². The highest BCUT2D eigenvalue weighted by atomic mass is 19.3. The fraction of sp³-hybridized carbons (Fsp3) is 0.568. The van der Waals surface area contributed by atoms with Crippen molar-refractivity contribution in [3.63, 3.8) is 0 Å². The maximum Gasteiger partial charge on any atom is 0.329 e. The monoisotopic (exact) mass is 890 g/mol. The highest BCUT2D eigenvalue weighted by Gasteiger charge is 2.48. The fourth-order valence-corrected chi connectivity index (χ4v) is 10.6. The molecule has 0 bridgehead atoms. The molecule has 3 saturated heterocycles. The highest BCUT2D eigenvalue weighted by molar-refractivity contribution is 6.08. The Kier molecular flexibility index (Phi) is 11.3. The molecule has 0 spiro atoms. The number of benzene rings is 1. The second kappa shape index (κ2) is 16.6. The number of alkyl halides is 4. The predicted molar refractivity (Wildman–Crippen MR) is 231 cm³/mol. The second-order valence-electron chi connectivity index (χ2n) is 18.6. The SMILES string of the molecule is CN(CC1CCC(n2cc(NC(=O)c3cnn4ccc(N5CCCCC5(C)C)nc34)c(C(F)F)n2)CC1)C1CCN(c2cccc3c2n(C)c(=O)n3C2CCC(=O)NC2=O)CC1(F)F. The van der Waals surface area contributed by atoms with Crippen LogP contribution in [0.15, 0.2) is 47.7 Å². The van der Waals surface area contributed by atoms with E-state index in [0.29, 0.717) is 61.1 Å². The Bertz CT molecular complexity index is 2660. The summed E-state index contributed by atoms with van der Waals surface area (Å²) in [6.07, 6.45) is 7.75. The summed E-state index contributed by atoms with van der Waals surface area (Å²) in [7, 11) is 3.27. The standard InChI is InChI=1S/C44H54F4N12O4/c1-43(2)18-5-6-19-57(43)34-17-21-58-39(51-34)28(22-49-58)40(62)50-29-24-59(53-36(29)38(45)46)27-12-10-26(11-13-27)23-54(3)33-16-20-56(25-44(33,47)48)30-8-7-9-31-37(30)55(4)42(64)60(31)32-14-15-35(61)52-41(32)63/h7-9,17,21-22,24,26-27,32-33,38H,5-6,10-16,18-20,23,25H2,1-4H3,(H,50,62)(H,52,61,63). The smallest absolute Gasteiger partial charge is 0.329 e. The number of carbonyl (C=O) groups excluding carboxylic acids is 3. The summed E-state index contributed by atoms with van der Waals surface area (Å²) in [5.74, 6) is -3.89. The van der Waals surface area contributed by atoms with Gasteiger partial charge in [0, 0.05) is 51.0 Å². The normalized spacial score (nSPS) is 24.0. The molecule has 2 unspecified atom stereocenters. The molecular formula is C44H54F4N12O4. The third-order valence-electron chi connectivity index (χ3n) is 14.0. The number of nitrogens with one attached hydrogen (secondary N) is 2. The van der Waals surface area contributed by atoms with Crippen LogP contribution in [0.25, 0.3) is 16.7 Å². The minimum Gasteiger partial charge on any atom is -0.364 e. The zero-order chi connectivity index (χ0) is 45.2.